The number of ether oxygens (including phenoxy) is 1. The minimum Gasteiger partial charge on any atom is -0.450 e. The van der Waals surface area contributed by atoms with Crippen LogP contribution in [0.15, 0.2) is 60.7 Å². The summed E-state index contributed by atoms with van der Waals surface area (Å²) >= 11 is 1.82. The fourth-order valence-corrected chi connectivity index (χ4v) is 5.30. The first-order valence-corrected chi connectivity index (χ1v) is 12.0. The lowest BCUT2D eigenvalue weighted by Gasteiger charge is -2.36. The summed E-state index contributed by atoms with van der Waals surface area (Å²) in [4.78, 5) is 51.2. The van der Waals surface area contributed by atoms with Crippen molar-refractivity contribution in [3.63, 3.8) is 0 Å². The van der Waals surface area contributed by atoms with Gasteiger partial charge in [0, 0.05) is 29.8 Å². The SMILES string of the molecule is O=C(O)OC1CCCCN1C(=O)C(CSC(=O)c1ccccc1)SC(=O)c1ccccc1. The largest absolute Gasteiger partial charge is 0.507 e. The van der Waals surface area contributed by atoms with E-state index >= 15 is 0 Å². The molecule has 0 aliphatic carbocycles. The molecule has 2 unspecified atom stereocenters. The summed E-state index contributed by atoms with van der Waals surface area (Å²) in [6.45, 7) is 0.338. The number of rotatable bonds is 7. The van der Waals surface area contributed by atoms with Crippen molar-refractivity contribution >= 4 is 45.8 Å². The molecule has 1 N–H and O–H groups in total. The zero-order valence-corrected chi connectivity index (χ0v) is 18.8. The van der Waals surface area contributed by atoms with Crippen molar-refractivity contribution in [3.8, 4) is 0 Å². The van der Waals surface area contributed by atoms with Crippen molar-refractivity contribution in [3.05, 3.63) is 71.8 Å². The van der Waals surface area contributed by atoms with Crippen LogP contribution >= 0.6 is 23.5 Å². The van der Waals surface area contributed by atoms with Gasteiger partial charge in [-0.05, 0) is 12.8 Å². The van der Waals surface area contributed by atoms with Gasteiger partial charge < -0.3 is 14.7 Å². The average molecular weight is 474 g/mol. The van der Waals surface area contributed by atoms with Crippen LogP contribution in [0.1, 0.15) is 40.0 Å². The standard InChI is InChI=1S/C23H23NO6S2/c25-20(24-14-8-7-13-19(24)30-23(28)29)18(32-22(27)17-11-5-2-6-12-17)15-31-21(26)16-9-3-1-4-10-16/h1-6,9-12,18-19H,7-8,13-15H2,(H,28,29). The van der Waals surface area contributed by atoms with Gasteiger partial charge in [-0.25, -0.2) is 4.79 Å². The van der Waals surface area contributed by atoms with Gasteiger partial charge in [-0.15, -0.1) is 0 Å². The molecule has 9 heteroatoms. The lowest BCUT2D eigenvalue weighted by Crippen LogP contribution is -2.50. The Morgan fingerprint density at radius 2 is 1.53 bits per heavy atom. The first kappa shape index (κ1) is 23.9. The minimum atomic E-state index is -1.45. The summed E-state index contributed by atoms with van der Waals surface area (Å²) in [6.07, 6.45) is -0.487. The van der Waals surface area contributed by atoms with Crippen molar-refractivity contribution < 1.29 is 29.0 Å². The second-order valence-electron chi connectivity index (χ2n) is 7.09. The number of carbonyl (C=O) groups excluding carboxylic acids is 3. The van der Waals surface area contributed by atoms with E-state index in [-0.39, 0.29) is 16.0 Å². The number of carboxylic acid groups (broad SMARTS) is 1. The number of nitrogens with zero attached hydrogens (tertiary/aromatic N) is 1. The van der Waals surface area contributed by atoms with Crippen molar-refractivity contribution in [2.45, 2.75) is 30.7 Å². The van der Waals surface area contributed by atoms with Crippen molar-refractivity contribution in [2.24, 2.45) is 0 Å². The Hall–Kier alpha value is -2.78. The monoisotopic (exact) mass is 473 g/mol. The van der Waals surface area contributed by atoms with Crippen LogP contribution in [0.3, 0.4) is 0 Å². The number of amides is 1. The number of hydrogen-bond acceptors (Lipinski definition) is 7. The van der Waals surface area contributed by atoms with E-state index in [9.17, 15) is 19.2 Å². The topological polar surface area (TPSA) is 101 Å². The lowest BCUT2D eigenvalue weighted by molar-refractivity contribution is -0.144. The van der Waals surface area contributed by atoms with Crippen LogP contribution in [0.4, 0.5) is 4.79 Å². The Bertz CT molecular complexity index is 953. The van der Waals surface area contributed by atoms with E-state index in [1.165, 1.54) is 4.90 Å². The summed E-state index contributed by atoms with van der Waals surface area (Å²) in [6, 6.07) is 17.3. The van der Waals surface area contributed by atoms with E-state index in [0.717, 1.165) is 29.9 Å². The second kappa shape index (κ2) is 11.7. The summed E-state index contributed by atoms with van der Waals surface area (Å²) < 4.78 is 4.91. The molecule has 1 heterocycles. The lowest BCUT2D eigenvalue weighted by atomic mass is 10.1. The third-order valence-corrected chi connectivity index (χ3v) is 7.19. The van der Waals surface area contributed by atoms with Crippen molar-refractivity contribution in [1.29, 1.82) is 0 Å². The molecule has 2 aromatic rings. The highest BCUT2D eigenvalue weighted by molar-refractivity contribution is 8.18. The van der Waals surface area contributed by atoms with Gasteiger partial charge in [0.05, 0.1) is 0 Å². The highest BCUT2D eigenvalue weighted by Crippen LogP contribution is 2.28. The second-order valence-corrected chi connectivity index (χ2v) is 9.26. The maximum atomic E-state index is 13.4. The number of piperidine rings is 1. The van der Waals surface area contributed by atoms with Gasteiger partial charge in [0.25, 0.3) is 0 Å². The quantitative estimate of drug-likeness (QED) is 0.585. The maximum absolute atomic E-state index is 13.4. The highest BCUT2D eigenvalue weighted by atomic mass is 32.2. The van der Waals surface area contributed by atoms with E-state index < -0.39 is 23.5 Å². The maximum Gasteiger partial charge on any atom is 0.507 e. The molecule has 1 fully saturated rings. The normalized spacial score (nSPS) is 16.8. The molecule has 1 amide bonds. The number of likely N-dealkylation sites (tertiary alicyclic amines) is 1. The van der Waals surface area contributed by atoms with Gasteiger partial charge in [0.15, 0.2) is 6.23 Å². The number of thioether (sulfide) groups is 2. The van der Waals surface area contributed by atoms with Gasteiger partial charge in [-0.1, -0.05) is 84.2 Å². The van der Waals surface area contributed by atoms with Crippen LogP contribution in [0.2, 0.25) is 0 Å². The zero-order valence-electron chi connectivity index (χ0n) is 17.2. The molecule has 0 aromatic heterocycles. The highest BCUT2D eigenvalue weighted by Gasteiger charge is 2.35. The Morgan fingerprint density at radius 1 is 0.938 bits per heavy atom. The molecule has 7 nitrogen and oxygen atoms in total. The van der Waals surface area contributed by atoms with E-state index in [1.807, 2.05) is 0 Å². The molecule has 2 aromatic carbocycles. The molecule has 1 aliphatic heterocycles. The summed E-state index contributed by atoms with van der Waals surface area (Å²) in [7, 11) is 0. The van der Waals surface area contributed by atoms with E-state index in [1.54, 1.807) is 60.7 Å². The van der Waals surface area contributed by atoms with Gasteiger partial charge in [0.1, 0.15) is 5.25 Å². The van der Waals surface area contributed by atoms with Crippen LogP contribution in [0, 0.1) is 0 Å². The molecule has 1 aliphatic rings. The first-order chi connectivity index (χ1) is 15.5. The van der Waals surface area contributed by atoms with E-state index in [0.29, 0.717) is 30.5 Å². The fourth-order valence-electron chi connectivity index (χ4n) is 3.31. The van der Waals surface area contributed by atoms with Crippen LogP contribution in [0.25, 0.3) is 0 Å². The predicted molar refractivity (Wildman–Crippen MR) is 124 cm³/mol. The zero-order chi connectivity index (χ0) is 22.9. The molecular formula is C23H23NO6S2. The van der Waals surface area contributed by atoms with Gasteiger partial charge >= 0.3 is 6.16 Å². The molecule has 2 atom stereocenters. The summed E-state index contributed by atoms with van der Waals surface area (Å²) in [5.41, 5.74) is 0.958. The molecule has 0 bridgehead atoms. The first-order valence-electron chi connectivity index (χ1n) is 10.1. The van der Waals surface area contributed by atoms with Gasteiger partial charge in [-0.2, -0.15) is 0 Å². The van der Waals surface area contributed by atoms with Crippen molar-refractivity contribution in [2.75, 3.05) is 12.3 Å². The molecule has 0 spiro atoms. The number of benzene rings is 2. The molecule has 0 saturated carbocycles. The van der Waals surface area contributed by atoms with Crippen LogP contribution in [-0.2, 0) is 9.53 Å². The number of hydrogen-bond donors (Lipinski definition) is 1. The smallest absolute Gasteiger partial charge is 0.450 e. The van der Waals surface area contributed by atoms with Crippen LogP contribution < -0.4 is 0 Å². The van der Waals surface area contributed by atoms with E-state index in [4.69, 9.17) is 9.84 Å². The fraction of sp³-hybridized carbons (Fsp3) is 0.304. The van der Waals surface area contributed by atoms with Crippen LogP contribution in [0.5, 0.6) is 0 Å². The molecule has 0 radical (unpaired) electrons. The number of carbonyl (C=O) groups is 4. The average Bonchev–Trinajstić information content (AvgIpc) is 2.82. The Balaban J connectivity index is 1.76. The molecule has 168 valence electrons. The molecule has 3 rings (SSSR count). The predicted octanol–water partition coefficient (Wildman–Crippen LogP) is 4.54. The third-order valence-electron chi connectivity index (χ3n) is 4.88. The molecular weight excluding hydrogens is 450 g/mol. The van der Waals surface area contributed by atoms with E-state index in [2.05, 4.69) is 0 Å². The van der Waals surface area contributed by atoms with Crippen LogP contribution in [-0.4, -0.2) is 56.1 Å². The van der Waals surface area contributed by atoms with Crippen molar-refractivity contribution in [1.82, 2.24) is 4.90 Å². The third kappa shape index (κ3) is 6.61. The Kier molecular flexibility index (Phi) is 8.75. The summed E-state index contributed by atoms with van der Waals surface area (Å²) in [5.74, 6) is -0.329. The van der Waals surface area contributed by atoms with Gasteiger partial charge in [-0.3, -0.25) is 14.4 Å². The molecule has 1 saturated heterocycles. The Labute approximate surface area is 194 Å². The molecule has 32 heavy (non-hydrogen) atoms. The Morgan fingerprint density at radius 3 is 2.12 bits per heavy atom. The van der Waals surface area contributed by atoms with Gasteiger partial charge in [0.2, 0.25) is 16.1 Å². The minimum absolute atomic E-state index is 0.0755. The summed E-state index contributed by atoms with van der Waals surface area (Å²) in [5, 5.41) is 7.68.